The summed E-state index contributed by atoms with van der Waals surface area (Å²) >= 11 is 0. The minimum absolute atomic E-state index is 0.0162. The molecule has 0 saturated carbocycles. The molecule has 5 nitrogen and oxygen atoms in total. The molecule has 2 amide bonds. The van der Waals surface area contributed by atoms with Crippen molar-refractivity contribution >= 4 is 17.5 Å². The van der Waals surface area contributed by atoms with E-state index in [1.807, 2.05) is 26.8 Å². The van der Waals surface area contributed by atoms with Crippen molar-refractivity contribution in [3.05, 3.63) is 29.3 Å². The van der Waals surface area contributed by atoms with Crippen LogP contribution in [0.4, 0.5) is 5.69 Å². The zero-order valence-electron chi connectivity index (χ0n) is 12.8. The van der Waals surface area contributed by atoms with E-state index in [4.69, 9.17) is 0 Å². The summed E-state index contributed by atoms with van der Waals surface area (Å²) in [6.07, 6.45) is 0.849. The van der Waals surface area contributed by atoms with Gasteiger partial charge < -0.3 is 16.0 Å². The number of anilines is 1. The molecule has 2 unspecified atom stereocenters. The van der Waals surface area contributed by atoms with Gasteiger partial charge in [-0.05, 0) is 51.4 Å². The molecule has 1 aromatic carbocycles. The molecule has 1 fully saturated rings. The van der Waals surface area contributed by atoms with Crippen LogP contribution in [0.3, 0.4) is 0 Å². The summed E-state index contributed by atoms with van der Waals surface area (Å²) in [4.78, 5) is 24.2. The maximum Gasteiger partial charge on any atom is 0.251 e. The number of nitrogens with one attached hydrogen (secondary N) is 3. The zero-order chi connectivity index (χ0) is 15.4. The van der Waals surface area contributed by atoms with Crippen LogP contribution in [-0.4, -0.2) is 30.9 Å². The van der Waals surface area contributed by atoms with Crippen molar-refractivity contribution in [1.29, 1.82) is 0 Å². The van der Waals surface area contributed by atoms with Gasteiger partial charge in [0, 0.05) is 23.8 Å². The summed E-state index contributed by atoms with van der Waals surface area (Å²) in [5.74, 6) is -0.120. The van der Waals surface area contributed by atoms with Gasteiger partial charge in [0.25, 0.3) is 5.91 Å². The van der Waals surface area contributed by atoms with E-state index < -0.39 is 0 Å². The second-order valence-corrected chi connectivity index (χ2v) is 5.52. The number of hydrogen-bond acceptors (Lipinski definition) is 3. The second kappa shape index (κ2) is 6.72. The van der Waals surface area contributed by atoms with Gasteiger partial charge in [-0.25, -0.2) is 0 Å². The molecule has 1 aromatic rings. The molecule has 5 heteroatoms. The van der Waals surface area contributed by atoms with Crippen LogP contribution in [0.2, 0.25) is 0 Å². The topological polar surface area (TPSA) is 70.2 Å². The SMILES string of the molecule is CCNC(=O)c1ccc(C)c(NC(=O)C2CCNC2C)c1. The minimum Gasteiger partial charge on any atom is -0.352 e. The fourth-order valence-electron chi connectivity index (χ4n) is 2.60. The molecule has 3 N–H and O–H groups in total. The molecule has 0 aromatic heterocycles. The molecule has 1 saturated heterocycles. The second-order valence-electron chi connectivity index (χ2n) is 5.52. The molecule has 21 heavy (non-hydrogen) atoms. The van der Waals surface area contributed by atoms with E-state index >= 15 is 0 Å². The van der Waals surface area contributed by atoms with Crippen LogP contribution in [0.25, 0.3) is 0 Å². The summed E-state index contributed by atoms with van der Waals surface area (Å²) in [5, 5.41) is 9.00. The quantitative estimate of drug-likeness (QED) is 0.790. The number of amides is 2. The number of aryl methyl sites for hydroxylation is 1. The number of rotatable bonds is 4. The number of carbonyl (C=O) groups excluding carboxylic acids is 2. The van der Waals surface area contributed by atoms with Gasteiger partial charge in [0.15, 0.2) is 0 Å². The van der Waals surface area contributed by atoms with Gasteiger partial charge in [0.2, 0.25) is 5.91 Å². The summed E-state index contributed by atoms with van der Waals surface area (Å²) < 4.78 is 0. The van der Waals surface area contributed by atoms with Gasteiger partial charge >= 0.3 is 0 Å². The van der Waals surface area contributed by atoms with Crippen molar-refractivity contribution < 1.29 is 9.59 Å². The lowest BCUT2D eigenvalue weighted by Gasteiger charge is -2.16. The Hall–Kier alpha value is -1.88. The Kier molecular flexibility index (Phi) is 4.96. The van der Waals surface area contributed by atoms with E-state index in [2.05, 4.69) is 16.0 Å². The van der Waals surface area contributed by atoms with Gasteiger partial charge in [0.05, 0.1) is 5.92 Å². The molecule has 2 rings (SSSR count). The molecule has 1 aliphatic heterocycles. The highest BCUT2D eigenvalue weighted by Gasteiger charge is 2.29. The molecule has 0 spiro atoms. The Bertz CT molecular complexity index is 542. The largest absolute Gasteiger partial charge is 0.352 e. The van der Waals surface area contributed by atoms with E-state index in [1.165, 1.54) is 0 Å². The van der Waals surface area contributed by atoms with Crippen molar-refractivity contribution in [3.8, 4) is 0 Å². The minimum atomic E-state index is -0.121. The van der Waals surface area contributed by atoms with Gasteiger partial charge in [-0.2, -0.15) is 0 Å². The lowest BCUT2D eigenvalue weighted by molar-refractivity contribution is -0.120. The van der Waals surface area contributed by atoms with E-state index in [0.29, 0.717) is 17.8 Å². The summed E-state index contributed by atoms with van der Waals surface area (Å²) in [5.41, 5.74) is 2.23. The first-order chi connectivity index (χ1) is 10.0. The highest BCUT2D eigenvalue weighted by atomic mass is 16.2. The molecule has 0 radical (unpaired) electrons. The standard InChI is InChI=1S/C16H23N3O2/c1-4-17-15(20)12-6-5-10(2)14(9-12)19-16(21)13-7-8-18-11(13)3/h5-6,9,11,13,18H,4,7-8H2,1-3H3,(H,17,20)(H,19,21). The van der Waals surface area contributed by atoms with Gasteiger partial charge in [-0.1, -0.05) is 6.07 Å². The molecule has 0 bridgehead atoms. The fourth-order valence-corrected chi connectivity index (χ4v) is 2.60. The molecular formula is C16H23N3O2. The normalized spacial score (nSPS) is 21.1. The van der Waals surface area contributed by atoms with Crippen molar-refractivity contribution in [3.63, 3.8) is 0 Å². The highest BCUT2D eigenvalue weighted by molar-refractivity contribution is 5.98. The van der Waals surface area contributed by atoms with Crippen molar-refractivity contribution in [2.45, 2.75) is 33.2 Å². The smallest absolute Gasteiger partial charge is 0.251 e. The predicted molar refractivity (Wildman–Crippen MR) is 83.4 cm³/mol. The third kappa shape index (κ3) is 3.61. The van der Waals surface area contributed by atoms with Gasteiger partial charge in [-0.3, -0.25) is 9.59 Å². The lowest BCUT2D eigenvalue weighted by Crippen LogP contribution is -2.32. The molecule has 114 valence electrons. The molecule has 1 heterocycles. The summed E-state index contributed by atoms with van der Waals surface area (Å²) in [6.45, 7) is 7.28. The third-order valence-electron chi connectivity index (χ3n) is 3.96. The Balaban J connectivity index is 2.13. The Morgan fingerprint density at radius 2 is 2.14 bits per heavy atom. The molecule has 1 aliphatic rings. The third-order valence-corrected chi connectivity index (χ3v) is 3.96. The molecular weight excluding hydrogens is 266 g/mol. The van der Waals surface area contributed by atoms with Crippen LogP contribution in [0.5, 0.6) is 0 Å². The summed E-state index contributed by atoms with van der Waals surface area (Å²) in [7, 11) is 0. The van der Waals surface area contributed by atoms with E-state index in [9.17, 15) is 9.59 Å². The molecule has 2 atom stereocenters. The first-order valence-electron chi connectivity index (χ1n) is 7.46. The first-order valence-corrected chi connectivity index (χ1v) is 7.46. The van der Waals surface area contributed by atoms with Crippen LogP contribution in [0, 0.1) is 12.8 Å². The monoisotopic (exact) mass is 289 g/mol. The average molecular weight is 289 g/mol. The summed E-state index contributed by atoms with van der Waals surface area (Å²) in [6, 6.07) is 5.56. The lowest BCUT2D eigenvalue weighted by atomic mass is 10.0. The van der Waals surface area contributed by atoms with Crippen molar-refractivity contribution in [1.82, 2.24) is 10.6 Å². The van der Waals surface area contributed by atoms with Crippen LogP contribution in [0.15, 0.2) is 18.2 Å². The number of hydrogen-bond donors (Lipinski definition) is 3. The Morgan fingerprint density at radius 3 is 2.76 bits per heavy atom. The Morgan fingerprint density at radius 1 is 1.38 bits per heavy atom. The van der Waals surface area contributed by atoms with Crippen LogP contribution in [-0.2, 0) is 4.79 Å². The van der Waals surface area contributed by atoms with Gasteiger partial charge in [-0.15, -0.1) is 0 Å². The van der Waals surface area contributed by atoms with E-state index in [0.717, 1.165) is 18.5 Å². The average Bonchev–Trinajstić information content (AvgIpc) is 2.87. The Labute approximate surface area is 125 Å². The van der Waals surface area contributed by atoms with Crippen molar-refractivity contribution in [2.24, 2.45) is 5.92 Å². The number of benzene rings is 1. The maximum atomic E-state index is 12.3. The maximum absolute atomic E-state index is 12.3. The van der Waals surface area contributed by atoms with E-state index in [-0.39, 0.29) is 23.8 Å². The highest BCUT2D eigenvalue weighted by Crippen LogP contribution is 2.21. The predicted octanol–water partition coefficient (Wildman–Crippen LogP) is 1.68. The first kappa shape index (κ1) is 15.5. The van der Waals surface area contributed by atoms with Crippen LogP contribution < -0.4 is 16.0 Å². The van der Waals surface area contributed by atoms with Crippen LogP contribution in [0.1, 0.15) is 36.2 Å². The van der Waals surface area contributed by atoms with Gasteiger partial charge in [0.1, 0.15) is 0 Å². The fraction of sp³-hybridized carbons (Fsp3) is 0.500. The zero-order valence-corrected chi connectivity index (χ0v) is 12.8. The number of carbonyl (C=O) groups is 2. The van der Waals surface area contributed by atoms with Crippen LogP contribution >= 0.6 is 0 Å². The molecule has 0 aliphatic carbocycles. The van der Waals surface area contributed by atoms with E-state index in [1.54, 1.807) is 12.1 Å². The van der Waals surface area contributed by atoms with Crippen molar-refractivity contribution in [2.75, 3.05) is 18.4 Å².